The first-order chi connectivity index (χ1) is 11.4. The molecule has 1 heterocycles. The van der Waals surface area contributed by atoms with Crippen molar-refractivity contribution in [1.82, 2.24) is 9.21 Å². The number of hydrogen-bond donors (Lipinski definition) is 0. The highest BCUT2D eigenvalue weighted by molar-refractivity contribution is 7.99. The van der Waals surface area contributed by atoms with Gasteiger partial charge in [0.15, 0.2) is 0 Å². The summed E-state index contributed by atoms with van der Waals surface area (Å²) >= 11 is 1.81. The molecule has 8 heteroatoms. The smallest absolute Gasteiger partial charge is 0.247 e. The molecule has 0 saturated carbocycles. The maximum absolute atomic E-state index is 13.3. The molecule has 0 aromatic heterocycles. The first-order valence-corrected chi connectivity index (χ1v) is 10.5. The van der Waals surface area contributed by atoms with E-state index in [1.807, 2.05) is 30.8 Å². The lowest BCUT2D eigenvalue weighted by molar-refractivity contribution is 0.270. The van der Waals surface area contributed by atoms with E-state index in [0.29, 0.717) is 24.6 Å². The lowest BCUT2D eigenvalue weighted by atomic mass is 10.3. The Morgan fingerprint density at radius 3 is 2.67 bits per heavy atom. The molecule has 2 rings (SSSR count). The van der Waals surface area contributed by atoms with E-state index in [1.165, 1.54) is 14.2 Å². The first-order valence-electron chi connectivity index (χ1n) is 7.86. The van der Waals surface area contributed by atoms with Crippen molar-refractivity contribution in [3.8, 4) is 11.5 Å². The molecule has 6 nitrogen and oxygen atoms in total. The van der Waals surface area contributed by atoms with E-state index >= 15 is 0 Å². The second-order valence-corrected chi connectivity index (χ2v) is 8.99. The van der Waals surface area contributed by atoms with Gasteiger partial charge in [0.05, 0.1) is 14.2 Å². The van der Waals surface area contributed by atoms with Gasteiger partial charge >= 0.3 is 0 Å². The standard InChI is InChI=1S/C16H26N2O4S2/c1-17(2)11-13-12-23-9-5-8-18(13)24(19,20)16-10-14(21-3)6-7-15(16)22-4/h6-7,10,13H,5,8-9,11-12H2,1-4H3. The molecule has 1 aliphatic rings. The van der Waals surface area contributed by atoms with E-state index in [4.69, 9.17) is 9.47 Å². The van der Waals surface area contributed by atoms with E-state index in [2.05, 4.69) is 0 Å². The number of thioether (sulfide) groups is 1. The van der Waals surface area contributed by atoms with Gasteiger partial charge in [-0.2, -0.15) is 16.1 Å². The SMILES string of the molecule is COc1ccc(OC)c(S(=O)(=O)N2CCCSCC2CN(C)C)c1. The third kappa shape index (κ3) is 4.36. The lowest BCUT2D eigenvalue weighted by Crippen LogP contribution is -2.46. The number of nitrogens with zero attached hydrogens (tertiary/aromatic N) is 2. The Kier molecular flexibility index (Phi) is 6.79. The van der Waals surface area contributed by atoms with Crippen molar-refractivity contribution in [2.75, 3.05) is 52.9 Å². The Bertz CT molecular complexity index is 649. The summed E-state index contributed by atoms with van der Waals surface area (Å²) in [7, 11) is 3.27. The van der Waals surface area contributed by atoms with Crippen LogP contribution in [0.1, 0.15) is 6.42 Å². The molecular weight excluding hydrogens is 348 g/mol. The number of ether oxygens (including phenoxy) is 2. The van der Waals surface area contributed by atoms with Gasteiger partial charge in [-0.15, -0.1) is 0 Å². The van der Waals surface area contributed by atoms with Crippen LogP contribution in [0.3, 0.4) is 0 Å². The van der Waals surface area contributed by atoms with Crippen LogP contribution < -0.4 is 9.47 Å². The molecule has 1 unspecified atom stereocenters. The molecule has 0 amide bonds. The molecule has 1 saturated heterocycles. The number of sulfonamides is 1. The lowest BCUT2D eigenvalue weighted by Gasteiger charge is -2.31. The van der Waals surface area contributed by atoms with Crippen molar-refractivity contribution in [2.45, 2.75) is 17.4 Å². The zero-order valence-electron chi connectivity index (χ0n) is 14.7. The quantitative estimate of drug-likeness (QED) is 0.756. The van der Waals surface area contributed by atoms with Gasteiger partial charge in [0.25, 0.3) is 0 Å². The van der Waals surface area contributed by atoms with E-state index in [-0.39, 0.29) is 10.9 Å². The molecule has 1 aromatic carbocycles. The second kappa shape index (κ2) is 8.42. The van der Waals surface area contributed by atoms with E-state index in [0.717, 1.165) is 17.9 Å². The minimum Gasteiger partial charge on any atom is -0.497 e. The molecule has 1 aromatic rings. The van der Waals surface area contributed by atoms with Crippen molar-refractivity contribution in [2.24, 2.45) is 0 Å². The van der Waals surface area contributed by atoms with Crippen molar-refractivity contribution in [1.29, 1.82) is 0 Å². The number of benzene rings is 1. The van der Waals surface area contributed by atoms with Crippen molar-refractivity contribution < 1.29 is 17.9 Å². The Labute approximate surface area is 149 Å². The number of methoxy groups -OCH3 is 2. The van der Waals surface area contributed by atoms with Crippen LogP contribution in [-0.4, -0.2) is 76.6 Å². The van der Waals surface area contributed by atoms with Crippen molar-refractivity contribution >= 4 is 21.8 Å². The first kappa shape index (κ1) is 19.4. The van der Waals surface area contributed by atoms with Gasteiger partial charge in [0.1, 0.15) is 16.4 Å². The summed E-state index contributed by atoms with van der Waals surface area (Å²) in [5.74, 6) is 2.62. The molecule has 0 radical (unpaired) electrons. The van der Waals surface area contributed by atoms with Gasteiger partial charge < -0.3 is 14.4 Å². The summed E-state index contributed by atoms with van der Waals surface area (Å²) in [5.41, 5.74) is 0. The average molecular weight is 375 g/mol. The van der Waals surface area contributed by atoms with Crippen LogP contribution >= 0.6 is 11.8 Å². The Morgan fingerprint density at radius 2 is 2.04 bits per heavy atom. The van der Waals surface area contributed by atoms with Gasteiger partial charge in [0, 0.05) is 31.0 Å². The fourth-order valence-electron chi connectivity index (χ4n) is 2.80. The number of hydrogen-bond acceptors (Lipinski definition) is 6. The van der Waals surface area contributed by atoms with Crippen LogP contribution in [0.2, 0.25) is 0 Å². The van der Waals surface area contributed by atoms with Crippen LogP contribution in [0.4, 0.5) is 0 Å². The molecule has 0 N–H and O–H groups in total. The van der Waals surface area contributed by atoms with Gasteiger partial charge in [-0.05, 0) is 38.4 Å². The molecule has 0 bridgehead atoms. The minimum atomic E-state index is -3.67. The predicted molar refractivity (Wildman–Crippen MR) is 97.7 cm³/mol. The molecule has 1 aliphatic heterocycles. The van der Waals surface area contributed by atoms with Gasteiger partial charge in [-0.25, -0.2) is 8.42 Å². The Hall–Kier alpha value is -0.960. The predicted octanol–water partition coefficient (Wildman–Crippen LogP) is 1.76. The van der Waals surface area contributed by atoms with E-state index in [9.17, 15) is 8.42 Å². The molecule has 1 fully saturated rings. The fraction of sp³-hybridized carbons (Fsp3) is 0.625. The highest BCUT2D eigenvalue weighted by atomic mass is 32.2. The fourth-order valence-corrected chi connectivity index (χ4v) is 5.78. The summed E-state index contributed by atoms with van der Waals surface area (Å²) in [6.07, 6.45) is 0.847. The summed E-state index contributed by atoms with van der Waals surface area (Å²) in [6, 6.07) is 4.82. The van der Waals surface area contributed by atoms with E-state index < -0.39 is 10.0 Å². The largest absolute Gasteiger partial charge is 0.497 e. The summed E-state index contributed by atoms with van der Waals surface area (Å²) < 4.78 is 38.8. The molecule has 136 valence electrons. The van der Waals surface area contributed by atoms with Crippen LogP contribution in [-0.2, 0) is 10.0 Å². The van der Waals surface area contributed by atoms with Crippen LogP contribution in [0.25, 0.3) is 0 Å². The molecular formula is C16H26N2O4S2. The summed E-state index contributed by atoms with van der Waals surface area (Å²) in [4.78, 5) is 2.20. The van der Waals surface area contributed by atoms with Crippen LogP contribution in [0.15, 0.2) is 23.1 Å². The maximum atomic E-state index is 13.3. The van der Waals surface area contributed by atoms with Gasteiger partial charge in [-0.1, -0.05) is 0 Å². The van der Waals surface area contributed by atoms with Gasteiger partial charge in [0.2, 0.25) is 10.0 Å². The zero-order valence-corrected chi connectivity index (χ0v) is 16.3. The summed E-state index contributed by atoms with van der Waals surface area (Å²) in [5, 5.41) is 0. The monoisotopic (exact) mass is 374 g/mol. The maximum Gasteiger partial charge on any atom is 0.247 e. The average Bonchev–Trinajstić information content (AvgIpc) is 2.79. The zero-order chi connectivity index (χ0) is 17.7. The Balaban J connectivity index is 2.46. The minimum absolute atomic E-state index is 0.0617. The molecule has 1 atom stereocenters. The third-order valence-corrected chi connectivity index (χ3v) is 7.09. The van der Waals surface area contributed by atoms with Crippen LogP contribution in [0.5, 0.6) is 11.5 Å². The molecule has 24 heavy (non-hydrogen) atoms. The molecule has 0 aliphatic carbocycles. The number of likely N-dealkylation sites (N-methyl/N-ethyl adjacent to an activating group) is 1. The van der Waals surface area contributed by atoms with Crippen LogP contribution in [0, 0.1) is 0 Å². The van der Waals surface area contributed by atoms with Gasteiger partial charge in [-0.3, -0.25) is 0 Å². The highest BCUT2D eigenvalue weighted by Crippen LogP contribution is 2.33. The Morgan fingerprint density at radius 1 is 1.29 bits per heavy atom. The second-order valence-electron chi connectivity index (χ2n) is 5.98. The highest BCUT2D eigenvalue weighted by Gasteiger charge is 2.35. The molecule has 0 spiro atoms. The topological polar surface area (TPSA) is 59.1 Å². The third-order valence-electron chi connectivity index (χ3n) is 3.92. The summed E-state index contributed by atoms with van der Waals surface area (Å²) in [6.45, 7) is 1.21. The van der Waals surface area contributed by atoms with Crippen molar-refractivity contribution in [3.63, 3.8) is 0 Å². The van der Waals surface area contributed by atoms with E-state index in [1.54, 1.807) is 22.5 Å². The number of rotatable bonds is 6. The normalized spacial score (nSPS) is 20.0. The van der Waals surface area contributed by atoms with Crippen molar-refractivity contribution in [3.05, 3.63) is 18.2 Å².